The van der Waals surface area contributed by atoms with Gasteiger partial charge in [-0.15, -0.1) is 6.42 Å². The number of amidine groups is 1. The summed E-state index contributed by atoms with van der Waals surface area (Å²) in [5.74, 6) is 4.74. The van der Waals surface area contributed by atoms with Gasteiger partial charge in [0.25, 0.3) is 0 Å². The van der Waals surface area contributed by atoms with Crippen LogP contribution in [-0.4, -0.2) is 28.2 Å². The van der Waals surface area contributed by atoms with E-state index < -0.39 is 0 Å². The molecule has 0 amide bonds. The largest absolute Gasteiger partial charge is 0.508 e. The van der Waals surface area contributed by atoms with E-state index in [1.807, 2.05) is 72.8 Å². The quantitative estimate of drug-likeness (QED) is 0.217. The van der Waals surface area contributed by atoms with Crippen LogP contribution in [0, 0.1) is 12.3 Å². The van der Waals surface area contributed by atoms with Gasteiger partial charge < -0.3 is 14.8 Å². The number of terminal acetylenes is 1. The number of ether oxygens (including phenoxy) is 1. The van der Waals surface area contributed by atoms with E-state index >= 15 is 0 Å². The van der Waals surface area contributed by atoms with Crippen LogP contribution in [0.25, 0.3) is 28.0 Å². The van der Waals surface area contributed by atoms with Gasteiger partial charge in [-0.1, -0.05) is 66.6 Å². The fourth-order valence-electron chi connectivity index (χ4n) is 4.59. The zero-order valence-electron chi connectivity index (χ0n) is 21.6. The minimum absolute atomic E-state index is 0.222. The van der Waals surface area contributed by atoms with E-state index in [1.54, 1.807) is 12.1 Å². The number of rotatable bonds is 7. The topological polar surface area (TPSA) is 70.0 Å². The number of phenolic OH excluding ortho intramolecular Hbond substituents is 1. The zero-order chi connectivity index (χ0) is 27.3. The Kier molecular flexibility index (Phi) is 6.81. The molecule has 40 heavy (non-hydrogen) atoms. The van der Waals surface area contributed by atoms with Crippen LogP contribution < -0.4 is 4.74 Å². The van der Waals surface area contributed by atoms with E-state index in [2.05, 4.69) is 47.3 Å². The van der Waals surface area contributed by atoms with E-state index in [-0.39, 0.29) is 12.4 Å². The number of allylic oxidation sites excluding steroid dienone is 1. The molecule has 0 fully saturated rings. The summed E-state index contributed by atoms with van der Waals surface area (Å²) < 4.78 is 5.53. The minimum Gasteiger partial charge on any atom is -0.508 e. The molecule has 192 valence electrons. The zero-order valence-corrected chi connectivity index (χ0v) is 21.6. The van der Waals surface area contributed by atoms with Gasteiger partial charge in [0.05, 0.1) is 5.71 Å². The molecule has 1 aliphatic rings. The highest BCUT2D eigenvalue weighted by Crippen LogP contribution is 2.37. The van der Waals surface area contributed by atoms with Crippen LogP contribution in [0.2, 0.25) is 0 Å². The van der Waals surface area contributed by atoms with Crippen LogP contribution in [-0.2, 0) is 0 Å². The van der Waals surface area contributed by atoms with Crippen LogP contribution in [0.3, 0.4) is 0 Å². The first-order valence-corrected chi connectivity index (χ1v) is 12.9. The number of phenols is 1. The van der Waals surface area contributed by atoms with Crippen LogP contribution in [0.5, 0.6) is 11.5 Å². The van der Waals surface area contributed by atoms with E-state index in [1.165, 1.54) is 0 Å². The third-order valence-corrected chi connectivity index (χ3v) is 6.58. The standard InChI is InChI=1S/C35H25N3O2/c1-2-21-40-29-19-15-27(16-20-29)33-23-31(25-11-7-4-8-12-25)35(37-33)38-34-30(24-9-5-3-6-10-24)22-32(36-34)26-13-17-28(39)18-14-26/h1,3-20,22-23,36,39H,21H2/b38-35+. The molecule has 0 spiro atoms. The number of aromatic nitrogens is 1. The normalized spacial score (nSPS) is 13.5. The van der Waals surface area contributed by atoms with Gasteiger partial charge in [0.1, 0.15) is 23.9 Å². The van der Waals surface area contributed by atoms with Crippen molar-refractivity contribution in [3.63, 3.8) is 0 Å². The Labute approximate surface area is 232 Å². The Morgan fingerprint density at radius 3 is 2.10 bits per heavy atom. The van der Waals surface area contributed by atoms with Crippen molar-refractivity contribution in [1.82, 2.24) is 4.98 Å². The van der Waals surface area contributed by atoms with Crippen molar-refractivity contribution in [2.45, 2.75) is 0 Å². The van der Waals surface area contributed by atoms with Gasteiger partial charge in [-0.25, -0.2) is 9.98 Å². The van der Waals surface area contributed by atoms with E-state index in [0.29, 0.717) is 17.4 Å². The van der Waals surface area contributed by atoms with Crippen LogP contribution in [0.1, 0.15) is 11.1 Å². The molecule has 0 aliphatic carbocycles. The predicted octanol–water partition coefficient (Wildman–Crippen LogP) is 7.68. The Morgan fingerprint density at radius 1 is 0.775 bits per heavy atom. The van der Waals surface area contributed by atoms with Crippen molar-refractivity contribution >= 4 is 22.9 Å². The third kappa shape index (κ3) is 5.20. The fraction of sp³-hybridized carbons (Fsp3) is 0.0286. The highest BCUT2D eigenvalue weighted by molar-refractivity contribution is 6.38. The lowest BCUT2D eigenvalue weighted by Gasteiger charge is -2.04. The van der Waals surface area contributed by atoms with Gasteiger partial charge in [-0.2, -0.15) is 0 Å². The third-order valence-electron chi connectivity index (χ3n) is 6.58. The Bertz CT molecular complexity index is 1770. The molecule has 0 saturated heterocycles. The highest BCUT2D eigenvalue weighted by atomic mass is 16.5. The molecule has 0 radical (unpaired) electrons. The molecule has 4 aromatic carbocycles. The van der Waals surface area contributed by atoms with Crippen LogP contribution >= 0.6 is 0 Å². The number of benzene rings is 4. The molecule has 5 aromatic rings. The molecule has 0 saturated carbocycles. The summed E-state index contributed by atoms with van der Waals surface area (Å²) in [6.07, 6.45) is 7.38. The predicted molar refractivity (Wildman–Crippen MR) is 162 cm³/mol. The number of nitrogens with one attached hydrogen (secondary N) is 1. The molecule has 5 nitrogen and oxygen atoms in total. The lowest BCUT2D eigenvalue weighted by Crippen LogP contribution is -1.97. The summed E-state index contributed by atoms with van der Waals surface area (Å²) in [6, 6.07) is 37.2. The van der Waals surface area contributed by atoms with Gasteiger partial charge >= 0.3 is 0 Å². The second-order valence-corrected chi connectivity index (χ2v) is 9.23. The lowest BCUT2D eigenvalue weighted by atomic mass is 10.0. The summed E-state index contributed by atoms with van der Waals surface area (Å²) in [5, 5.41) is 9.77. The maximum Gasteiger partial charge on any atom is 0.162 e. The van der Waals surface area contributed by atoms with Crippen molar-refractivity contribution < 1.29 is 9.84 Å². The number of aromatic hydroxyl groups is 1. The number of aromatic amines is 1. The molecule has 0 bridgehead atoms. The summed E-state index contributed by atoms with van der Waals surface area (Å²) in [5.41, 5.74) is 7.57. The van der Waals surface area contributed by atoms with Gasteiger partial charge in [0.2, 0.25) is 0 Å². The number of hydrogen-bond acceptors (Lipinski definition) is 3. The second kappa shape index (κ2) is 11.0. The Morgan fingerprint density at radius 2 is 1.43 bits per heavy atom. The molecule has 1 aromatic heterocycles. The Balaban J connectivity index is 1.46. The summed E-state index contributed by atoms with van der Waals surface area (Å²) in [4.78, 5) is 13.6. The first-order chi connectivity index (χ1) is 19.7. The summed E-state index contributed by atoms with van der Waals surface area (Å²) in [6.45, 7) is 0.223. The average molecular weight is 520 g/mol. The molecular weight excluding hydrogens is 494 g/mol. The van der Waals surface area contributed by atoms with E-state index in [0.717, 1.165) is 44.8 Å². The molecule has 2 N–H and O–H groups in total. The smallest absolute Gasteiger partial charge is 0.162 e. The minimum atomic E-state index is 0.222. The van der Waals surface area contributed by atoms with Crippen molar-refractivity contribution in [2.24, 2.45) is 9.98 Å². The molecule has 2 heterocycles. The summed E-state index contributed by atoms with van der Waals surface area (Å²) in [7, 11) is 0. The highest BCUT2D eigenvalue weighted by Gasteiger charge is 2.21. The average Bonchev–Trinajstić information content (AvgIpc) is 3.63. The monoisotopic (exact) mass is 519 g/mol. The molecule has 0 unspecified atom stereocenters. The second-order valence-electron chi connectivity index (χ2n) is 9.23. The lowest BCUT2D eigenvalue weighted by molar-refractivity contribution is 0.370. The molecule has 5 heteroatoms. The van der Waals surface area contributed by atoms with Crippen molar-refractivity contribution in [2.75, 3.05) is 6.61 Å². The van der Waals surface area contributed by atoms with Crippen molar-refractivity contribution in [1.29, 1.82) is 0 Å². The Hall–Kier alpha value is -5.60. The van der Waals surface area contributed by atoms with Crippen molar-refractivity contribution in [3.8, 4) is 46.2 Å². The number of nitrogens with zero attached hydrogens (tertiary/aromatic N) is 2. The number of H-pyrrole nitrogens is 1. The number of aliphatic imine (C=N–C) groups is 2. The molecule has 1 aliphatic heterocycles. The van der Waals surface area contributed by atoms with Gasteiger partial charge in [-0.3, -0.25) is 0 Å². The molecule has 6 rings (SSSR count). The first kappa shape index (κ1) is 24.7. The summed E-state index contributed by atoms with van der Waals surface area (Å²) >= 11 is 0. The van der Waals surface area contributed by atoms with E-state index in [9.17, 15) is 5.11 Å². The molecular formula is C35H25N3O2. The maximum atomic E-state index is 9.77. The van der Waals surface area contributed by atoms with Crippen LogP contribution in [0.15, 0.2) is 131 Å². The maximum absolute atomic E-state index is 9.77. The van der Waals surface area contributed by atoms with Crippen LogP contribution in [0.4, 0.5) is 5.82 Å². The van der Waals surface area contributed by atoms with Gasteiger partial charge in [0, 0.05) is 22.4 Å². The van der Waals surface area contributed by atoms with Crippen molar-refractivity contribution in [3.05, 3.63) is 132 Å². The first-order valence-electron chi connectivity index (χ1n) is 12.9. The van der Waals surface area contributed by atoms with E-state index in [4.69, 9.17) is 21.1 Å². The van der Waals surface area contributed by atoms with Gasteiger partial charge in [-0.05, 0) is 77.4 Å². The van der Waals surface area contributed by atoms with Gasteiger partial charge in [0.15, 0.2) is 5.84 Å². The number of hydrogen-bond donors (Lipinski definition) is 2. The SMILES string of the molecule is C#CCOc1ccc(C2=N/C(=N/c3[nH]c(-c4ccc(O)cc4)cc3-c3ccccc3)C(c3ccccc3)=C2)cc1. The molecule has 0 atom stereocenters. The fourth-order valence-corrected chi connectivity index (χ4v) is 4.59.